The molecule has 0 radical (unpaired) electrons. The van der Waals surface area contributed by atoms with E-state index < -0.39 is 74.6 Å². The number of carbonyl (C=O) groups is 3. The molecule has 7 aromatic carbocycles. The standard InChI is InChI=1S/C25H28ClFN2O3S.C14H19FO3S.C13H17FO4S.C11H12ClN3.C10H12BrFO2S.C7H7BrFN/c1-4-33(31,32)13-12-19-8-9-20(15-24(19)27)18(3)25(30)11-10-23-14-17(2)28-29(23)22-7-5-6-21(26)16-22;1-4-19(17,18)8-7-12-5-6-13(9-14(12)15)10(2)11(3)16;1-3-19(17,18)7-6-10-4-5-11(8-12(10)14)9(2)13(15)16;1-8-5-11(7-13)15(14-8)10-4-2-3-9(12)6-10;1-2-15(13,14)6-5-8-3-4-9(11)7-10(8)12;8-6-2-1-5(4-10)7(9)3-6/h5-9,14-16,18H,4,10-13H2,1-3H3;5-6,9-10H,4,7-8H2,1-3H3;4-5,8-9H,3,6-7H2,1-2H3,(H,15,16);2-6H,7,13H2,1H3;3-4,7H,2,5-6H2,1H3;1-3H,4,10H2. The highest BCUT2D eigenvalue weighted by Gasteiger charge is 2.22. The molecule has 0 bridgehead atoms. The summed E-state index contributed by atoms with van der Waals surface area (Å²) >= 11 is 18.3. The Balaban J connectivity index is 0.000000293. The molecule has 31 heteroatoms. The number of rotatable bonds is 29. The van der Waals surface area contributed by atoms with E-state index in [2.05, 4.69) is 42.1 Å². The highest BCUT2D eigenvalue weighted by atomic mass is 79.9. The SMILES string of the molecule is CCS(=O)(=O)CCc1ccc(Br)cc1F.CCS(=O)(=O)CCc1ccc(C(C)C(=O)CCc2cc(C)nn2-c2cccc(Cl)c2)cc1F.CCS(=O)(=O)CCc1ccc(C(C)C(=O)O)cc1F.CCS(=O)(=O)CCc1ccc(C(C)C(C)=O)cc1F.Cc1cc(CN)n(-c2cccc(Cl)c2)n1.NCc1ccc(Br)cc1F. The molecule has 3 atom stereocenters. The maximum absolute atomic E-state index is 14.6. The fourth-order valence-electron chi connectivity index (χ4n) is 10.3. The molecule has 9 rings (SSSR count). The minimum absolute atomic E-state index is 0.00204. The number of aliphatic carboxylic acids is 1. The van der Waals surface area contributed by atoms with Gasteiger partial charge in [0, 0.05) is 84.6 Å². The molecule has 3 unspecified atom stereocenters. The van der Waals surface area contributed by atoms with Crippen molar-refractivity contribution in [3.63, 3.8) is 0 Å². The normalized spacial score (nSPS) is 12.2. The molecule has 5 N–H and O–H groups in total. The second kappa shape index (κ2) is 45.5. The number of nitrogens with two attached hydrogens (primary N) is 2. The fraction of sp³-hybridized carbons (Fsp3) is 0.362. The zero-order valence-electron chi connectivity index (χ0n) is 63.4. The van der Waals surface area contributed by atoms with E-state index in [1.807, 2.05) is 73.1 Å². The van der Waals surface area contributed by atoms with Crippen LogP contribution in [-0.2, 0) is 98.9 Å². The molecule has 0 fully saturated rings. The van der Waals surface area contributed by atoms with Gasteiger partial charge in [-0.1, -0.05) is 157 Å². The zero-order valence-corrected chi connectivity index (χ0v) is 71.3. The highest BCUT2D eigenvalue weighted by Crippen LogP contribution is 2.27. The number of carboxylic acids is 1. The maximum Gasteiger partial charge on any atom is 0.310 e. The molecular weight excluding hydrogens is 1690 g/mol. The Morgan fingerprint density at radius 1 is 0.441 bits per heavy atom. The van der Waals surface area contributed by atoms with Gasteiger partial charge >= 0.3 is 5.97 Å². The minimum Gasteiger partial charge on any atom is -0.481 e. The van der Waals surface area contributed by atoms with Crippen molar-refractivity contribution >= 4 is 112 Å². The summed E-state index contributed by atoms with van der Waals surface area (Å²) in [6, 6.07) is 41.7. The van der Waals surface area contributed by atoms with Crippen molar-refractivity contribution in [2.45, 2.75) is 139 Å². The molecule has 18 nitrogen and oxygen atoms in total. The lowest BCUT2D eigenvalue weighted by Crippen LogP contribution is -2.13. The van der Waals surface area contributed by atoms with Gasteiger partial charge in [-0.05, 0) is 190 Å². The van der Waals surface area contributed by atoms with Crippen LogP contribution in [0.1, 0.15) is 147 Å². The number of carboxylic acid groups (broad SMARTS) is 1. The third-order valence-electron chi connectivity index (χ3n) is 17.7. The third kappa shape index (κ3) is 32.6. The second-order valence-corrected chi connectivity index (χ2v) is 38.4. The number of hydrogen-bond donors (Lipinski definition) is 3. The van der Waals surface area contributed by atoms with Crippen LogP contribution in [0, 0.1) is 42.9 Å². The molecule has 0 aliphatic rings. The summed E-state index contributed by atoms with van der Waals surface area (Å²) in [5, 5.41) is 19.0. The van der Waals surface area contributed by atoms with E-state index in [0.29, 0.717) is 72.0 Å². The van der Waals surface area contributed by atoms with E-state index in [1.54, 1.807) is 101 Å². The molecule has 0 amide bonds. The molecule has 0 aliphatic carbocycles. The lowest BCUT2D eigenvalue weighted by atomic mass is 9.92. The molecule has 111 heavy (non-hydrogen) atoms. The van der Waals surface area contributed by atoms with Crippen LogP contribution in [-0.4, -0.2) is 122 Å². The molecule has 2 heterocycles. The van der Waals surface area contributed by atoms with Crippen molar-refractivity contribution in [3.05, 3.63) is 267 Å². The molecule has 2 aromatic heterocycles. The number of nitrogens with zero attached hydrogens (tertiary/aromatic N) is 4. The minimum atomic E-state index is -3.17. The smallest absolute Gasteiger partial charge is 0.310 e. The largest absolute Gasteiger partial charge is 0.481 e. The molecule has 0 saturated carbocycles. The van der Waals surface area contributed by atoms with E-state index in [0.717, 1.165) is 44.7 Å². The van der Waals surface area contributed by atoms with Gasteiger partial charge in [0.2, 0.25) is 0 Å². The van der Waals surface area contributed by atoms with Crippen LogP contribution in [0.2, 0.25) is 10.0 Å². The summed E-state index contributed by atoms with van der Waals surface area (Å²) < 4.78 is 164. The quantitative estimate of drug-likeness (QED) is 0.0367. The van der Waals surface area contributed by atoms with E-state index in [1.165, 1.54) is 50.2 Å². The number of aryl methyl sites for hydroxylation is 7. The lowest BCUT2D eigenvalue weighted by molar-refractivity contribution is -0.138. The van der Waals surface area contributed by atoms with Gasteiger partial charge < -0.3 is 16.6 Å². The average Bonchev–Trinajstić information content (AvgIpc) is 1.74. The van der Waals surface area contributed by atoms with Crippen LogP contribution in [0.4, 0.5) is 22.0 Å². The average molecular weight is 1790 g/mol. The molecule has 0 saturated heterocycles. The Labute approximate surface area is 675 Å². The molecule has 604 valence electrons. The Kier molecular flexibility index (Phi) is 39.4. The van der Waals surface area contributed by atoms with Crippen LogP contribution in [0.15, 0.2) is 161 Å². The summed E-state index contributed by atoms with van der Waals surface area (Å²) in [6.07, 6.45) is 1.39. The molecule has 0 aliphatic heterocycles. The van der Waals surface area contributed by atoms with Crippen LogP contribution in [0.25, 0.3) is 11.4 Å². The van der Waals surface area contributed by atoms with Crippen molar-refractivity contribution in [2.75, 3.05) is 46.0 Å². The van der Waals surface area contributed by atoms with Gasteiger partial charge in [-0.3, -0.25) is 14.4 Å². The van der Waals surface area contributed by atoms with Gasteiger partial charge in [-0.2, -0.15) is 10.2 Å². The van der Waals surface area contributed by atoms with Gasteiger partial charge in [-0.15, -0.1) is 0 Å². The first-order chi connectivity index (χ1) is 52.0. The van der Waals surface area contributed by atoms with Gasteiger partial charge in [-0.25, -0.2) is 65.0 Å². The number of sulfone groups is 4. The highest BCUT2D eigenvalue weighted by molar-refractivity contribution is 9.10. The molecular formula is C80H95Br2Cl2F5N6O12S4. The van der Waals surface area contributed by atoms with Crippen molar-refractivity contribution in [2.24, 2.45) is 11.5 Å². The van der Waals surface area contributed by atoms with Crippen molar-refractivity contribution in [1.82, 2.24) is 19.6 Å². The Morgan fingerprint density at radius 3 is 1.08 bits per heavy atom. The van der Waals surface area contributed by atoms with Crippen molar-refractivity contribution < 1.29 is 75.1 Å². The summed E-state index contributed by atoms with van der Waals surface area (Å²) in [6.45, 7) is 17.3. The fourth-order valence-corrected chi connectivity index (χ4v) is 14.6. The van der Waals surface area contributed by atoms with E-state index in [9.17, 15) is 70.0 Å². The predicted molar refractivity (Wildman–Crippen MR) is 439 cm³/mol. The first kappa shape index (κ1) is 96.1. The topological polar surface area (TPSA) is 296 Å². The summed E-state index contributed by atoms with van der Waals surface area (Å²) in [5.41, 5.74) is 19.9. The maximum atomic E-state index is 14.6. The van der Waals surface area contributed by atoms with Gasteiger partial charge in [0.1, 0.15) is 80.0 Å². The monoisotopic (exact) mass is 1780 g/mol. The summed E-state index contributed by atoms with van der Waals surface area (Å²) in [7, 11) is -12.4. The van der Waals surface area contributed by atoms with E-state index in [-0.39, 0.29) is 114 Å². The van der Waals surface area contributed by atoms with Crippen molar-refractivity contribution in [1.29, 1.82) is 0 Å². The van der Waals surface area contributed by atoms with Crippen LogP contribution in [0.3, 0.4) is 0 Å². The number of ketones is 2. The Morgan fingerprint density at radius 2 is 0.766 bits per heavy atom. The van der Waals surface area contributed by atoms with E-state index >= 15 is 0 Å². The zero-order chi connectivity index (χ0) is 83.3. The number of aromatic nitrogens is 4. The van der Waals surface area contributed by atoms with Crippen LogP contribution < -0.4 is 11.5 Å². The lowest BCUT2D eigenvalue weighted by Gasteiger charge is -2.13. The predicted octanol–water partition coefficient (Wildman–Crippen LogP) is 16.6. The van der Waals surface area contributed by atoms with E-state index in [4.69, 9.17) is 39.8 Å². The first-order valence-electron chi connectivity index (χ1n) is 35.3. The molecule has 9 aromatic rings. The number of Topliss-reactive ketones (excluding diaryl/α,β-unsaturated/α-hetero) is 2. The number of hydrogen-bond acceptors (Lipinski definition) is 15. The van der Waals surface area contributed by atoms with Gasteiger partial charge in [0.25, 0.3) is 0 Å². The third-order valence-corrected chi connectivity index (χ3v) is 26.0. The van der Waals surface area contributed by atoms with Crippen LogP contribution in [0.5, 0.6) is 0 Å². The van der Waals surface area contributed by atoms with Gasteiger partial charge in [0.05, 0.1) is 57.4 Å². The Bertz CT molecular complexity index is 5010. The van der Waals surface area contributed by atoms with Crippen molar-refractivity contribution in [3.8, 4) is 11.4 Å². The summed E-state index contributed by atoms with van der Waals surface area (Å²) in [4.78, 5) is 34.9. The summed E-state index contributed by atoms with van der Waals surface area (Å²) in [5.74, 6) is -4.78. The number of halogens is 9. The molecule has 0 spiro atoms. The van der Waals surface area contributed by atoms with Gasteiger partial charge in [0.15, 0.2) is 0 Å². The van der Waals surface area contributed by atoms with Crippen LogP contribution >= 0.6 is 55.1 Å². The number of benzene rings is 7. The number of carbonyl (C=O) groups excluding carboxylic acids is 2. The Hall–Kier alpha value is -7.32. The second-order valence-electron chi connectivity index (χ2n) is 25.8. The first-order valence-corrected chi connectivity index (χ1v) is 45.0.